The second-order valence-electron chi connectivity index (χ2n) is 9.53. The minimum Gasteiger partial charge on any atom is -0.459 e. The number of para-hydroxylation sites is 1. The van der Waals surface area contributed by atoms with Gasteiger partial charge in [-0.1, -0.05) is 54.6 Å². The molecule has 3 aromatic rings. The number of hydrogen-bond acceptors (Lipinski definition) is 5. The number of fused-ring (bicyclic) bond motifs is 4. The van der Waals surface area contributed by atoms with Gasteiger partial charge in [-0.2, -0.15) is 0 Å². The smallest absolute Gasteiger partial charge is 0.228 e. The first-order valence-corrected chi connectivity index (χ1v) is 13.9. The van der Waals surface area contributed by atoms with Crippen molar-refractivity contribution in [1.29, 1.82) is 0 Å². The van der Waals surface area contributed by atoms with Crippen molar-refractivity contribution in [3.8, 4) is 5.75 Å². The number of ether oxygens (including phenoxy) is 3. The van der Waals surface area contributed by atoms with E-state index < -0.39 is 5.72 Å². The van der Waals surface area contributed by atoms with Crippen LogP contribution in [-0.4, -0.2) is 47.1 Å². The molecule has 0 N–H and O–H groups in total. The summed E-state index contributed by atoms with van der Waals surface area (Å²) >= 11 is 0. The second kappa shape index (κ2) is 9.76. The number of anilines is 1. The summed E-state index contributed by atoms with van der Waals surface area (Å²) in [6.45, 7) is 10.8. The van der Waals surface area contributed by atoms with Crippen molar-refractivity contribution >= 4 is 37.9 Å². The number of rotatable bonds is 9. The maximum absolute atomic E-state index is 6.98. The maximum Gasteiger partial charge on any atom is 0.228 e. The SMILES string of the molecule is CCOC(OCC)[Si]CCCN1c2ccccc2C(C)(C)C12C=Nc1c(ccc3ccccc13)O2. The van der Waals surface area contributed by atoms with Crippen LogP contribution >= 0.6 is 0 Å². The predicted molar refractivity (Wildman–Crippen MR) is 144 cm³/mol. The van der Waals surface area contributed by atoms with Crippen LogP contribution in [0.25, 0.3) is 10.8 Å². The van der Waals surface area contributed by atoms with Crippen LogP contribution in [0.4, 0.5) is 11.4 Å². The largest absolute Gasteiger partial charge is 0.459 e. The van der Waals surface area contributed by atoms with E-state index in [0.29, 0.717) is 22.7 Å². The third-order valence-corrected chi connectivity index (χ3v) is 8.48. The van der Waals surface area contributed by atoms with Gasteiger partial charge in [0.15, 0.2) is 0 Å². The highest BCUT2D eigenvalue weighted by atomic mass is 28.2. The van der Waals surface area contributed by atoms with E-state index in [1.165, 1.54) is 16.6 Å². The molecule has 5 nitrogen and oxygen atoms in total. The quantitative estimate of drug-likeness (QED) is 0.202. The summed E-state index contributed by atoms with van der Waals surface area (Å²) in [7, 11) is 0.610. The van der Waals surface area contributed by atoms with E-state index in [1.807, 2.05) is 20.1 Å². The Bertz CT molecular complexity index is 1220. The highest BCUT2D eigenvalue weighted by Gasteiger charge is 2.59. The Kier molecular flexibility index (Phi) is 6.71. The molecule has 0 amide bonds. The van der Waals surface area contributed by atoms with E-state index in [2.05, 4.69) is 79.4 Å². The van der Waals surface area contributed by atoms with Gasteiger partial charge in [-0.15, -0.1) is 0 Å². The molecule has 1 spiro atoms. The molecule has 2 aliphatic heterocycles. The average molecular weight is 487 g/mol. The minimum atomic E-state index is -0.686. The Hall–Kier alpha value is -2.67. The fraction of sp³-hybridized carbons (Fsp3) is 0.414. The first-order valence-electron chi connectivity index (χ1n) is 12.6. The summed E-state index contributed by atoms with van der Waals surface area (Å²) in [6.07, 6.45) is 3.07. The molecule has 0 aliphatic carbocycles. The summed E-state index contributed by atoms with van der Waals surface area (Å²) in [5.41, 5.74) is 2.47. The lowest BCUT2D eigenvalue weighted by atomic mass is 9.77. The fourth-order valence-corrected chi connectivity index (χ4v) is 6.54. The Morgan fingerprint density at radius 2 is 1.71 bits per heavy atom. The highest BCUT2D eigenvalue weighted by molar-refractivity contribution is 6.36. The van der Waals surface area contributed by atoms with E-state index >= 15 is 0 Å². The lowest BCUT2D eigenvalue weighted by Gasteiger charge is -2.46. The summed E-state index contributed by atoms with van der Waals surface area (Å²) < 4.78 is 18.5. The Morgan fingerprint density at radius 1 is 0.971 bits per heavy atom. The van der Waals surface area contributed by atoms with Gasteiger partial charge in [-0.25, -0.2) is 0 Å². The van der Waals surface area contributed by atoms with Gasteiger partial charge in [0, 0.05) is 30.8 Å². The van der Waals surface area contributed by atoms with Gasteiger partial charge < -0.3 is 19.1 Å². The van der Waals surface area contributed by atoms with Crippen molar-refractivity contribution < 1.29 is 14.2 Å². The topological polar surface area (TPSA) is 43.3 Å². The van der Waals surface area contributed by atoms with E-state index in [1.54, 1.807) is 0 Å². The van der Waals surface area contributed by atoms with Crippen LogP contribution < -0.4 is 9.64 Å². The van der Waals surface area contributed by atoms with Crippen molar-refractivity contribution in [3.05, 3.63) is 66.2 Å². The fourth-order valence-electron chi connectivity index (χ4n) is 5.37. The molecule has 2 radical (unpaired) electrons. The maximum atomic E-state index is 6.98. The van der Waals surface area contributed by atoms with Gasteiger partial charge in [-0.05, 0) is 57.2 Å². The van der Waals surface area contributed by atoms with Crippen LogP contribution in [0, 0.1) is 0 Å². The van der Waals surface area contributed by atoms with Crippen molar-refractivity contribution in [2.45, 2.75) is 57.2 Å². The van der Waals surface area contributed by atoms with Crippen molar-refractivity contribution in [2.24, 2.45) is 4.99 Å². The van der Waals surface area contributed by atoms with E-state index in [-0.39, 0.29) is 11.3 Å². The lowest BCUT2D eigenvalue weighted by Crippen LogP contribution is -2.62. The molecule has 2 aliphatic rings. The Balaban J connectivity index is 1.45. The van der Waals surface area contributed by atoms with Crippen LogP contribution in [0.1, 0.15) is 39.7 Å². The standard InChI is InChI=1S/C29H34N2O3Si/c1-5-32-27(33-6-2)35-19-11-18-31-24-15-10-9-14-23(24)28(3,4)29(31)20-30-26-22-13-8-7-12-21(22)16-17-25(26)34-29/h7-10,12-17,20,27H,5-6,11,18-19H2,1-4H3. The lowest BCUT2D eigenvalue weighted by molar-refractivity contribution is -0.0827. The van der Waals surface area contributed by atoms with Crippen LogP contribution in [0.3, 0.4) is 0 Å². The molecule has 35 heavy (non-hydrogen) atoms. The molecular weight excluding hydrogens is 452 g/mol. The normalized spacial score (nSPS) is 19.9. The van der Waals surface area contributed by atoms with E-state index in [4.69, 9.17) is 19.2 Å². The number of benzene rings is 3. The number of hydrogen-bond donors (Lipinski definition) is 0. The molecule has 182 valence electrons. The molecule has 0 fully saturated rings. The van der Waals surface area contributed by atoms with Gasteiger partial charge in [-0.3, -0.25) is 4.99 Å². The van der Waals surface area contributed by atoms with Gasteiger partial charge in [0.05, 0.1) is 11.6 Å². The summed E-state index contributed by atoms with van der Waals surface area (Å²) in [6, 6.07) is 22.3. The minimum absolute atomic E-state index is 0.103. The molecule has 2 heterocycles. The summed E-state index contributed by atoms with van der Waals surface area (Å²) in [4.78, 5) is 7.48. The van der Waals surface area contributed by atoms with Crippen LogP contribution in [0.2, 0.25) is 6.04 Å². The number of nitrogens with zero attached hydrogens (tertiary/aromatic N) is 2. The third kappa shape index (κ3) is 4.07. The van der Waals surface area contributed by atoms with Gasteiger partial charge in [0.2, 0.25) is 5.72 Å². The molecule has 6 heteroatoms. The van der Waals surface area contributed by atoms with Crippen LogP contribution in [-0.2, 0) is 14.9 Å². The molecular formula is C29H34N2O3Si. The van der Waals surface area contributed by atoms with Crippen molar-refractivity contribution in [3.63, 3.8) is 0 Å². The van der Waals surface area contributed by atoms with Crippen molar-refractivity contribution in [2.75, 3.05) is 24.7 Å². The van der Waals surface area contributed by atoms with Gasteiger partial charge >= 0.3 is 0 Å². The zero-order valence-corrected chi connectivity index (χ0v) is 22.1. The average Bonchev–Trinajstić information content (AvgIpc) is 3.05. The molecule has 0 aromatic heterocycles. The first kappa shape index (κ1) is 24.0. The molecule has 1 unspecified atom stereocenters. The number of aliphatic imine (C=N–C) groups is 1. The third-order valence-electron chi connectivity index (χ3n) is 7.17. The van der Waals surface area contributed by atoms with Crippen molar-refractivity contribution in [1.82, 2.24) is 0 Å². The monoisotopic (exact) mass is 486 g/mol. The zero-order valence-electron chi connectivity index (χ0n) is 21.1. The van der Waals surface area contributed by atoms with Crippen LogP contribution in [0.5, 0.6) is 5.75 Å². The molecule has 0 saturated heterocycles. The van der Waals surface area contributed by atoms with Gasteiger partial charge in [0.25, 0.3) is 0 Å². The predicted octanol–water partition coefficient (Wildman–Crippen LogP) is 6.30. The van der Waals surface area contributed by atoms with Gasteiger partial charge in [0.1, 0.15) is 26.9 Å². The highest BCUT2D eigenvalue weighted by Crippen LogP contribution is 2.54. The molecule has 0 saturated carbocycles. The van der Waals surface area contributed by atoms with Crippen LogP contribution in [0.15, 0.2) is 65.7 Å². The summed E-state index contributed by atoms with van der Waals surface area (Å²) in [5.74, 6) is 0.737. The summed E-state index contributed by atoms with van der Waals surface area (Å²) in [5, 5.41) is 2.29. The van der Waals surface area contributed by atoms with E-state index in [0.717, 1.165) is 35.8 Å². The molecule has 0 bridgehead atoms. The Morgan fingerprint density at radius 3 is 2.51 bits per heavy atom. The Labute approximate surface area is 210 Å². The second-order valence-corrected chi connectivity index (χ2v) is 10.9. The first-order chi connectivity index (χ1) is 17.0. The molecule has 5 rings (SSSR count). The molecule has 3 aromatic carbocycles. The molecule has 1 atom stereocenters. The van der Waals surface area contributed by atoms with E-state index in [9.17, 15) is 0 Å². The zero-order chi connectivity index (χ0) is 24.5.